The van der Waals surface area contributed by atoms with Gasteiger partial charge in [-0.1, -0.05) is 19.1 Å². The fraction of sp³-hybridized carbons (Fsp3) is 0.562. The number of carbonyl (C=O) groups is 1. The standard InChI is InChI=1S/C16H24N2O4S/c1-3-13-4-6-15(7-5-13)22-12-16(19)18-10-8-14(9-11-18)17-23(2,20)21/h4-7,14,17H,3,8-12H2,1-2H3. The van der Waals surface area contributed by atoms with Gasteiger partial charge in [0.2, 0.25) is 10.0 Å². The summed E-state index contributed by atoms with van der Waals surface area (Å²) in [5, 5.41) is 0. The number of rotatable bonds is 6. The van der Waals surface area contributed by atoms with Crippen LogP contribution in [-0.4, -0.2) is 51.2 Å². The molecular weight excluding hydrogens is 316 g/mol. The van der Waals surface area contributed by atoms with Gasteiger partial charge in [0.15, 0.2) is 6.61 Å². The number of nitrogens with zero attached hydrogens (tertiary/aromatic N) is 1. The van der Waals surface area contributed by atoms with Crippen LogP contribution in [0.15, 0.2) is 24.3 Å². The fourth-order valence-corrected chi connectivity index (χ4v) is 3.45. The summed E-state index contributed by atoms with van der Waals surface area (Å²) >= 11 is 0. The molecule has 6 nitrogen and oxygen atoms in total. The number of benzene rings is 1. The number of nitrogens with one attached hydrogen (secondary N) is 1. The van der Waals surface area contributed by atoms with E-state index in [2.05, 4.69) is 11.6 Å². The summed E-state index contributed by atoms with van der Waals surface area (Å²) in [5.74, 6) is 0.617. The number of piperidine rings is 1. The van der Waals surface area contributed by atoms with Crippen LogP contribution in [0.25, 0.3) is 0 Å². The van der Waals surface area contributed by atoms with Crippen molar-refractivity contribution < 1.29 is 17.9 Å². The number of hydrogen-bond donors (Lipinski definition) is 1. The van der Waals surface area contributed by atoms with Gasteiger partial charge in [0.1, 0.15) is 5.75 Å². The van der Waals surface area contributed by atoms with Gasteiger partial charge in [0.25, 0.3) is 5.91 Å². The minimum atomic E-state index is -3.19. The Morgan fingerprint density at radius 3 is 2.39 bits per heavy atom. The third-order valence-electron chi connectivity index (χ3n) is 3.92. The molecule has 1 fully saturated rings. The van der Waals surface area contributed by atoms with Crippen molar-refractivity contribution in [2.45, 2.75) is 32.2 Å². The molecule has 0 spiro atoms. The van der Waals surface area contributed by atoms with Gasteiger partial charge < -0.3 is 9.64 Å². The van der Waals surface area contributed by atoms with Gasteiger partial charge in [-0.3, -0.25) is 4.79 Å². The molecule has 23 heavy (non-hydrogen) atoms. The zero-order valence-electron chi connectivity index (χ0n) is 13.6. The van der Waals surface area contributed by atoms with Crippen molar-refractivity contribution in [1.82, 2.24) is 9.62 Å². The molecule has 7 heteroatoms. The molecule has 1 aromatic rings. The Kier molecular flexibility index (Phi) is 6.01. The number of aryl methyl sites for hydroxylation is 1. The molecule has 1 heterocycles. The van der Waals surface area contributed by atoms with Gasteiger partial charge in [-0.25, -0.2) is 13.1 Å². The first-order chi connectivity index (χ1) is 10.9. The maximum Gasteiger partial charge on any atom is 0.260 e. The highest BCUT2D eigenvalue weighted by atomic mass is 32.2. The van der Waals surface area contributed by atoms with Gasteiger partial charge in [0, 0.05) is 19.1 Å². The Morgan fingerprint density at radius 2 is 1.87 bits per heavy atom. The monoisotopic (exact) mass is 340 g/mol. The van der Waals surface area contributed by atoms with Gasteiger partial charge in [-0.2, -0.15) is 0 Å². The van der Waals surface area contributed by atoms with E-state index in [1.54, 1.807) is 4.90 Å². The first kappa shape index (κ1) is 17.7. The van der Waals surface area contributed by atoms with E-state index in [4.69, 9.17) is 4.74 Å². The van der Waals surface area contributed by atoms with E-state index in [0.717, 1.165) is 12.7 Å². The Labute approximate surface area is 137 Å². The lowest BCUT2D eigenvalue weighted by molar-refractivity contribution is -0.134. The number of sulfonamides is 1. The van der Waals surface area contributed by atoms with Crippen LogP contribution < -0.4 is 9.46 Å². The second-order valence-corrected chi connectivity index (χ2v) is 7.61. The maximum absolute atomic E-state index is 12.1. The Morgan fingerprint density at radius 1 is 1.26 bits per heavy atom. The highest BCUT2D eigenvalue weighted by molar-refractivity contribution is 7.88. The van der Waals surface area contributed by atoms with E-state index in [-0.39, 0.29) is 18.6 Å². The maximum atomic E-state index is 12.1. The minimum Gasteiger partial charge on any atom is -0.484 e. The predicted octanol–water partition coefficient (Wildman–Crippen LogP) is 1.17. The number of amides is 1. The SMILES string of the molecule is CCc1ccc(OCC(=O)N2CCC(NS(C)(=O)=O)CC2)cc1. The summed E-state index contributed by atoms with van der Waals surface area (Å²) < 4.78 is 30.5. The van der Waals surface area contributed by atoms with Crippen LogP contribution in [0.4, 0.5) is 0 Å². The third-order valence-corrected chi connectivity index (χ3v) is 4.68. The van der Waals surface area contributed by atoms with E-state index in [1.807, 2.05) is 24.3 Å². The molecule has 0 aromatic heterocycles. The van der Waals surface area contributed by atoms with Crippen LogP contribution in [0.2, 0.25) is 0 Å². The molecule has 0 bridgehead atoms. The Hall–Kier alpha value is -1.60. The van der Waals surface area contributed by atoms with Crippen molar-refractivity contribution >= 4 is 15.9 Å². The average Bonchev–Trinajstić information content (AvgIpc) is 2.52. The quantitative estimate of drug-likeness (QED) is 0.843. The van der Waals surface area contributed by atoms with Crippen LogP contribution in [0.3, 0.4) is 0 Å². The molecule has 0 unspecified atom stereocenters. The van der Waals surface area contributed by atoms with Crippen LogP contribution in [0, 0.1) is 0 Å². The van der Waals surface area contributed by atoms with Crippen LogP contribution in [-0.2, 0) is 21.2 Å². The van der Waals surface area contributed by atoms with Crippen LogP contribution in [0.1, 0.15) is 25.3 Å². The van der Waals surface area contributed by atoms with Crippen molar-refractivity contribution in [3.05, 3.63) is 29.8 Å². The van der Waals surface area contributed by atoms with Crippen molar-refractivity contribution in [2.24, 2.45) is 0 Å². The molecule has 1 saturated heterocycles. The van der Waals surface area contributed by atoms with Gasteiger partial charge in [0.05, 0.1) is 6.26 Å². The van der Waals surface area contributed by atoms with E-state index < -0.39 is 10.0 Å². The summed E-state index contributed by atoms with van der Waals surface area (Å²) in [4.78, 5) is 13.9. The fourth-order valence-electron chi connectivity index (χ4n) is 2.61. The molecule has 0 aliphatic carbocycles. The predicted molar refractivity (Wildman–Crippen MR) is 88.9 cm³/mol. The molecule has 0 atom stereocenters. The first-order valence-electron chi connectivity index (χ1n) is 7.84. The highest BCUT2D eigenvalue weighted by Crippen LogP contribution is 2.14. The van der Waals surface area contributed by atoms with Gasteiger partial charge >= 0.3 is 0 Å². The minimum absolute atomic E-state index is 0.00957. The molecule has 1 N–H and O–H groups in total. The second kappa shape index (κ2) is 7.79. The lowest BCUT2D eigenvalue weighted by Crippen LogP contribution is -2.47. The zero-order chi connectivity index (χ0) is 16.9. The van der Waals surface area contributed by atoms with Crippen molar-refractivity contribution in [3.8, 4) is 5.75 Å². The van der Waals surface area contributed by atoms with E-state index in [1.165, 1.54) is 5.56 Å². The van der Waals surface area contributed by atoms with Crippen molar-refractivity contribution in [3.63, 3.8) is 0 Å². The van der Waals surface area contributed by atoms with Crippen molar-refractivity contribution in [1.29, 1.82) is 0 Å². The van der Waals surface area contributed by atoms with Crippen LogP contribution in [0.5, 0.6) is 5.75 Å². The van der Waals surface area contributed by atoms with E-state index in [0.29, 0.717) is 31.7 Å². The molecule has 1 aliphatic heterocycles. The Balaban J connectivity index is 1.76. The van der Waals surface area contributed by atoms with Crippen molar-refractivity contribution in [2.75, 3.05) is 26.0 Å². The Bertz CT molecular complexity index is 620. The van der Waals surface area contributed by atoms with E-state index in [9.17, 15) is 13.2 Å². The van der Waals surface area contributed by atoms with Gasteiger partial charge in [-0.05, 0) is 37.0 Å². The third kappa shape index (κ3) is 5.84. The molecule has 1 aromatic carbocycles. The lowest BCUT2D eigenvalue weighted by atomic mass is 10.1. The molecule has 2 rings (SSSR count). The second-order valence-electron chi connectivity index (χ2n) is 5.83. The number of carbonyl (C=O) groups excluding carboxylic acids is 1. The van der Waals surface area contributed by atoms with Crippen LogP contribution >= 0.6 is 0 Å². The zero-order valence-corrected chi connectivity index (χ0v) is 14.4. The smallest absolute Gasteiger partial charge is 0.260 e. The molecule has 0 radical (unpaired) electrons. The largest absolute Gasteiger partial charge is 0.484 e. The van der Waals surface area contributed by atoms with Gasteiger partial charge in [-0.15, -0.1) is 0 Å². The highest BCUT2D eigenvalue weighted by Gasteiger charge is 2.24. The lowest BCUT2D eigenvalue weighted by Gasteiger charge is -2.31. The number of hydrogen-bond acceptors (Lipinski definition) is 4. The molecule has 1 aliphatic rings. The molecular formula is C16H24N2O4S. The number of likely N-dealkylation sites (tertiary alicyclic amines) is 1. The normalized spacial score (nSPS) is 16.3. The topological polar surface area (TPSA) is 75.7 Å². The average molecular weight is 340 g/mol. The summed E-state index contributed by atoms with van der Waals surface area (Å²) in [6.45, 7) is 3.19. The first-order valence-corrected chi connectivity index (χ1v) is 9.73. The number of ether oxygens (including phenoxy) is 1. The summed E-state index contributed by atoms with van der Waals surface area (Å²) in [6, 6.07) is 7.63. The summed E-state index contributed by atoms with van der Waals surface area (Å²) in [5.41, 5.74) is 1.23. The molecule has 1 amide bonds. The van der Waals surface area contributed by atoms with E-state index >= 15 is 0 Å². The molecule has 0 saturated carbocycles. The summed E-state index contributed by atoms with van der Waals surface area (Å²) in [6.07, 6.45) is 3.38. The summed E-state index contributed by atoms with van der Waals surface area (Å²) in [7, 11) is -3.19. The molecule has 128 valence electrons.